The summed E-state index contributed by atoms with van der Waals surface area (Å²) < 4.78 is 18.1. The first-order valence-corrected chi connectivity index (χ1v) is 10.1. The summed E-state index contributed by atoms with van der Waals surface area (Å²) in [6, 6.07) is 7.24. The van der Waals surface area contributed by atoms with Gasteiger partial charge in [0, 0.05) is 14.7 Å². The standard InChI is InChI=1S/C21H23IO6/c1-5-26-18-15(12(4)23)17(21(24)25)16(13-10-8-9-11-14(13)22)19(27-6-2)20(18)28-7-3/h8-11H,5-7H2,1-4H3,(H,24,25)/p-1. The zero-order valence-corrected chi connectivity index (χ0v) is 18.4. The summed E-state index contributed by atoms with van der Waals surface area (Å²) in [7, 11) is 0. The fourth-order valence-electron chi connectivity index (χ4n) is 2.98. The molecule has 2 aromatic rings. The molecular weight excluding hydrogens is 475 g/mol. The highest BCUT2D eigenvalue weighted by Crippen LogP contribution is 2.50. The predicted octanol–water partition coefficient (Wildman–Crippen LogP) is 3.72. The van der Waals surface area contributed by atoms with Crippen molar-refractivity contribution in [3.05, 3.63) is 39.0 Å². The zero-order valence-electron chi connectivity index (χ0n) is 16.3. The van der Waals surface area contributed by atoms with Crippen LogP contribution in [0.25, 0.3) is 11.1 Å². The lowest BCUT2D eigenvalue weighted by atomic mass is 9.91. The number of ether oxygens (including phenoxy) is 3. The minimum atomic E-state index is -1.48. The van der Waals surface area contributed by atoms with E-state index >= 15 is 0 Å². The molecule has 0 unspecified atom stereocenters. The molecule has 150 valence electrons. The van der Waals surface area contributed by atoms with Gasteiger partial charge in [0.25, 0.3) is 0 Å². The third kappa shape index (κ3) is 4.24. The number of hydrogen-bond acceptors (Lipinski definition) is 6. The molecule has 0 aliphatic carbocycles. The van der Waals surface area contributed by atoms with Crippen molar-refractivity contribution in [2.24, 2.45) is 0 Å². The Balaban J connectivity index is 3.13. The second kappa shape index (κ2) is 9.77. The van der Waals surface area contributed by atoms with Crippen LogP contribution < -0.4 is 19.3 Å². The van der Waals surface area contributed by atoms with Gasteiger partial charge in [-0.1, -0.05) is 18.2 Å². The van der Waals surface area contributed by atoms with Gasteiger partial charge >= 0.3 is 0 Å². The number of rotatable bonds is 9. The molecule has 7 heteroatoms. The van der Waals surface area contributed by atoms with Gasteiger partial charge < -0.3 is 24.1 Å². The Labute approximate surface area is 177 Å². The first-order chi connectivity index (χ1) is 13.4. The van der Waals surface area contributed by atoms with Gasteiger partial charge in [0.15, 0.2) is 17.3 Å². The molecule has 0 bridgehead atoms. The highest BCUT2D eigenvalue weighted by atomic mass is 127. The van der Waals surface area contributed by atoms with E-state index in [1.54, 1.807) is 32.9 Å². The van der Waals surface area contributed by atoms with Crippen LogP contribution in [0.1, 0.15) is 48.4 Å². The van der Waals surface area contributed by atoms with Crippen molar-refractivity contribution in [1.29, 1.82) is 0 Å². The maximum absolute atomic E-state index is 12.5. The fourth-order valence-corrected chi connectivity index (χ4v) is 3.64. The summed E-state index contributed by atoms with van der Waals surface area (Å²) >= 11 is 2.11. The van der Waals surface area contributed by atoms with Crippen molar-refractivity contribution in [1.82, 2.24) is 0 Å². The maximum Gasteiger partial charge on any atom is 0.205 e. The molecule has 0 spiro atoms. The number of Topliss-reactive ketones (excluding diaryl/α,β-unsaturated/α-hetero) is 1. The summed E-state index contributed by atoms with van der Waals surface area (Å²) in [5, 5.41) is 12.2. The summed E-state index contributed by atoms with van der Waals surface area (Å²) in [6.07, 6.45) is 0. The lowest BCUT2D eigenvalue weighted by Crippen LogP contribution is -2.27. The Morgan fingerprint density at radius 2 is 1.43 bits per heavy atom. The third-order valence-electron chi connectivity index (χ3n) is 3.93. The lowest BCUT2D eigenvalue weighted by molar-refractivity contribution is -0.255. The molecule has 0 amide bonds. The minimum Gasteiger partial charge on any atom is -0.545 e. The van der Waals surface area contributed by atoms with E-state index in [2.05, 4.69) is 22.6 Å². The van der Waals surface area contributed by atoms with Gasteiger partial charge in [0.05, 0.1) is 31.4 Å². The van der Waals surface area contributed by atoms with E-state index in [4.69, 9.17) is 14.2 Å². The zero-order chi connectivity index (χ0) is 20.8. The molecule has 0 atom stereocenters. The molecule has 0 saturated heterocycles. The summed E-state index contributed by atoms with van der Waals surface area (Å²) in [5.74, 6) is -1.44. The monoisotopic (exact) mass is 497 g/mol. The molecule has 0 aliphatic heterocycles. The van der Waals surface area contributed by atoms with E-state index in [9.17, 15) is 14.7 Å². The van der Waals surface area contributed by atoms with Crippen LogP contribution in [-0.2, 0) is 0 Å². The second-order valence-electron chi connectivity index (χ2n) is 5.73. The molecule has 6 nitrogen and oxygen atoms in total. The van der Waals surface area contributed by atoms with Crippen molar-refractivity contribution in [2.75, 3.05) is 19.8 Å². The largest absolute Gasteiger partial charge is 0.545 e. The average molecular weight is 497 g/mol. The molecule has 28 heavy (non-hydrogen) atoms. The predicted molar refractivity (Wildman–Crippen MR) is 112 cm³/mol. The molecule has 0 saturated carbocycles. The third-order valence-corrected chi connectivity index (χ3v) is 4.87. The van der Waals surface area contributed by atoms with Crippen molar-refractivity contribution in [2.45, 2.75) is 27.7 Å². The van der Waals surface area contributed by atoms with Gasteiger partial charge in [0.1, 0.15) is 0 Å². The Bertz CT molecular complexity index is 891. The molecule has 0 aromatic heterocycles. The van der Waals surface area contributed by atoms with E-state index in [1.807, 2.05) is 12.1 Å². The maximum atomic E-state index is 12.5. The Hall–Kier alpha value is -2.29. The molecule has 0 aliphatic rings. The van der Waals surface area contributed by atoms with Gasteiger partial charge in [-0.2, -0.15) is 0 Å². The van der Waals surface area contributed by atoms with Crippen LogP contribution in [0.15, 0.2) is 24.3 Å². The van der Waals surface area contributed by atoms with Crippen molar-refractivity contribution in [3.63, 3.8) is 0 Å². The fraction of sp³-hybridized carbons (Fsp3) is 0.333. The van der Waals surface area contributed by atoms with Gasteiger partial charge in [-0.15, -0.1) is 0 Å². The molecule has 0 radical (unpaired) electrons. The van der Waals surface area contributed by atoms with Crippen LogP contribution in [0.2, 0.25) is 0 Å². The minimum absolute atomic E-state index is 0.0641. The molecule has 0 N–H and O–H groups in total. The number of carbonyl (C=O) groups is 2. The first-order valence-electron chi connectivity index (χ1n) is 8.98. The second-order valence-corrected chi connectivity index (χ2v) is 6.90. The Morgan fingerprint density at radius 3 is 1.93 bits per heavy atom. The Morgan fingerprint density at radius 1 is 0.893 bits per heavy atom. The number of aromatic carboxylic acids is 1. The van der Waals surface area contributed by atoms with Crippen molar-refractivity contribution < 1.29 is 28.9 Å². The number of carbonyl (C=O) groups excluding carboxylic acids is 2. The summed E-state index contributed by atoms with van der Waals surface area (Å²) in [4.78, 5) is 24.7. The highest BCUT2D eigenvalue weighted by molar-refractivity contribution is 14.1. The van der Waals surface area contributed by atoms with Gasteiger partial charge in [-0.3, -0.25) is 4.79 Å². The van der Waals surface area contributed by atoms with Crippen LogP contribution in [0.4, 0.5) is 0 Å². The smallest absolute Gasteiger partial charge is 0.205 e. The lowest BCUT2D eigenvalue weighted by Gasteiger charge is -2.25. The summed E-state index contributed by atoms with van der Waals surface area (Å²) in [5.41, 5.74) is 0.525. The summed E-state index contributed by atoms with van der Waals surface area (Å²) in [6.45, 7) is 7.39. The number of carboxylic acid groups (broad SMARTS) is 1. The quantitative estimate of drug-likeness (QED) is 0.388. The number of benzene rings is 2. The topological polar surface area (TPSA) is 84.9 Å². The van der Waals surface area contributed by atoms with Crippen LogP contribution >= 0.6 is 22.6 Å². The van der Waals surface area contributed by atoms with Gasteiger partial charge in [-0.05, 0) is 61.9 Å². The number of halogens is 1. The first kappa shape index (κ1) is 22.0. The number of ketones is 1. The van der Waals surface area contributed by atoms with Crippen LogP contribution in [0.3, 0.4) is 0 Å². The van der Waals surface area contributed by atoms with Crippen LogP contribution in [0.5, 0.6) is 17.2 Å². The molecule has 2 aromatic carbocycles. The van der Waals surface area contributed by atoms with E-state index in [0.717, 1.165) is 3.57 Å². The van der Waals surface area contributed by atoms with E-state index in [-0.39, 0.29) is 53.8 Å². The average Bonchev–Trinajstić information content (AvgIpc) is 2.64. The SMILES string of the molecule is CCOc1c(OCC)c(C(C)=O)c(C(=O)[O-])c(-c2ccccc2I)c1OCC. The van der Waals surface area contributed by atoms with Gasteiger partial charge in [0.2, 0.25) is 5.75 Å². The van der Waals surface area contributed by atoms with Gasteiger partial charge in [-0.25, -0.2) is 0 Å². The molecule has 2 rings (SSSR count). The highest BCUT2D eigenvalue weighted by Gasteiger charge is 2.31. The Kier molecular flexibility index (Phi) is 7.68. The van der Waals surface area contributed by atoms with E-state index in [1.165, 1.54) is 6.92 Å². The number of hydrogen-bond donors (Lipinski definition) is 0. The van der Waals surface area contributed by atoms with Crippen LogP contribution in [-0.4, -0.2) is 31.6 Å². The molecule has 0 fully saturated rings. The van der Waals surface area contributed by atoms with E-state index in [0.29, 0.717) is 5.56 Å². The van der Waals surface area contributed by atoms with E-state index < -0.39 is 11.8 Å². The van der Waals surface area contributed by atoms with Crippen molar-refractivity contribution >= 4 is 34.3 Å². The normalized spacial score (nSPS) is 10.5. The number of carboxylic acids is 1. The van der Waals surface area contributed by atoms with Crippen LogP contribution in [0, 0.1) is 3.57 Å². The van der Waals surface area contributed by atoms with Crippen molar-refractivity contribution in [3.8, 4) is 28.4 Å². The molecule has 0 heterocycles. The molecular formula is C21H22IO6-.